The maximum Gasteiger partial charge on any atom is 0.338 e. The van der Waals surface area contributed by atoms with Crippen molar-refractivity contribution in [3.8, 4) is 11.1 Å². The molecular weight excluding hydrogens is 444 g/mol. The second-order valence-electron chi connectivity index (χ2n) is 7.11. The van der Waals surface area contributed by atoms with E-state index in [2.05, 4.69) is 0 Å². The molecule has 0 aliphatic carbocycles. The molecule has 0 aromatic heterocycles. The standard InChI is InChI=1S/C24H24N2O6S/c1-3-25(33(30,31)23-13-9-8-12-22(23)26(28)29)17-20-16-19(24(27)32-4-2)14-15-21(20)18-10-6-5-7-11-18/h5-16H,3-4,17H2,1-2H3. The smallest absolute Gasteiger partial charge is 0.338 e. The first-order valence-electron chi connectivity index (χ1n) is 10.4. The molecule has 0 saturated carbocycles. The molecule has 0 unspecified atom stereocenters. The number of esters is 1. The Balaban J connectivity index is 2.10. The summed E-state index contributed by atoms with van der Waals surface area (Å²) >= 11 is 0. The van der Waals surface area contributed by atoms with Crippen LogP contribution in [0.2, 0.25) is 0 Å². The van der Waals surface area contributed by atoms with E-state index in [1.54, 1.807) is 32.0 Å². The van der Waals surface area contributed by atoms with Crippen LogP contribution in [-0.2, 0) is 21.3 Å². The molecule has 9 heteroatoms. The summed E-state index contributed by atoms with van der Waals surface area (Å²) in [6, 6.07) is 19.6. The van der Waals surface area contributed by atoms with Gasteiger partial charge in [0.15, 0.2) is 4.90 Å². The molecule has 3 aromatic carbocycles. The van der Waals surface area contributed by atoms with Crippen molar-refractivity contribution in [3.05, 3.63) is 94.0 Å². The van der Waals surface area contributed by atoms with Gasteiger partial charge in [0.25, 0.3) is 5.69 Å². The summed E-state index contributed by atoms with van der Waals surface area (Å²) in [5.41, 5.74) is 1.99. The van der Waals surface area contributed by atoms with Gasteiger partial charge in [-0.15, -0.1) is 0 Å². The Morgan fingerprint density at radius 3 is 2.30 bits per heavy atom. The fourth-order valence-electron chi connectivity index (χ4n) is 3.49. The Morgan fingerprint density at radius 1 is 1.00 bits per heavy atom. The van der Waals surface area contributed by atoms with E-state index >= 15 is 0 Å². The van der Waals surface area contributed by atoms with E-state index in [1.165, 1.54) is 18.2 Å². The number of carbonyl (C=O) groups excluding carboxylic acids is 1. The Bertz CT molecular complexity index is 1260. The van der Waals surface area contributed by atoms with Gasteiger partial charge in [-0.25, -0.2) is 13.2 Å². The number of nitro groups is 1. The summed E-state index contributed by atoms with van der Waals surface area (Å²) in [6.07, 6.45) is 0. The van der Waals surface area contributed by atoms with Crippen LogP contribution in [0.3, 0.4) is 0 Å². The third kappa shape index (κ3) is 5.27. The molecule has 3 aromatic rings. The zero-order valence-electron chi connectivity index (χ0n) is 18.3. The minimum absolute atomic E-state index is 0.0756. The first-order chi connectivity index (χ1) is 15.8. The summed E-state index contributed by atoms with van der Waals surface area (Å²) in [5, 5.41) is 11.4. The largest absolute Gasteiger partial charge is 0.462 e. The molecule has 0 radical (unpaired) electrons. The highest BCUT2D eigenvalue weighted by molar-refractivity contribution is 7.89. The number of rotatable bonds is 9. The lowest BCUT2D eigenvalue weighted by molar-refractivity contribution is -0.387. The number of sulfonamides is 1. The van der Waals surface area contributed by atoms with Gasteiger partial charge in [0.1, 0.15) is 0 Å². The van der Waals surface area contributed by atoms with E-state index in [0.717, 1.165) is 21.5 Å². The quantitative estimate of drug-likeness (QED) is 0.257. The van der Waals surface area contributed by atoms with Gasteiger partial charge < -0.3 is 4.74 Å². The Morgan fingerprint density at radius 2 is 1.67 bits per heavy atom. The SMILES string of the molecule is CCOC(=O)c1ccc(-c2ccccc2)c(CN(CC)S(=O)(=O)c2ccccc2[N+](=O)[O-])c1. The van der Waals surface area contributed by atoms with Gasteiger partial charge in [-0.05, 0) is 41.8 Å². The average molecular weight is 469 g/mol. The van der Waals surface area contributed by atoms with Crippen molar-refractivity contribution in [2.75, 3.05) is 13.2 Å². The van der Waals surface area contributed by atoms with Gasteiger partial charge >= 0.3 is 5.97 Å². The molecule has 0 N–H and O–H groups in total. The molecule has 8 nitrogen and oxygen atoms in total. The summed E-state index contributed by atoms with van der Waals surface area (Å²) in [6.45, 7) is 3.56. The van der Waals surface area contributed by atoms with E-state index in [9.17, 15) is 23.3 Å². The molecule has 172 valence electrons. The van der Waals surface area contributed by atoms with E-state index in [4.69, 9.17) is 4.74 Å². The molecule has 33 heavy (non-hydrogen) atoms. The van der Waals surface area contributed by atoms with Crippen LogP contribution in [0.4, 0.5) is 5.69 Å². The fourth-order valence-corrected chi connectivity index (χ4v) is 5.07. The van der Waals surface area contributed by atoms with Gasteiger partial charge in [-0.3, -0.25) is 10.1 Å². The molecule has 0 atom stereocenters. The van der Waals surface area contributed by atoms with Crippen molar-refractivity contribution in [1.82, 2.24) is 4.31 Å². The van der Waals surface area contributed by atoms with Gasteiger partial charge in [-0.1, -0.05) is 55.5 Å². The van der Waals surface area contributed by atoms with Crippen LogP contribution in [0.15, 0.2) is 77.7 Å². The number of carbonyl (C=O) groups is 1. The number of nitro benzene ring substituents is 1. The second-order valence-corrected chi connectivity index (χ2v) is 9.02. The maximum atomic E-state index is 13.4. The molecule has 0 aliphatic heterocycles. The average Bonchev–Trinajstić information content (AvgIpc) is 2.83. The number of hydrogen-bond donors (Lipinski definition) is 0. The van der Waals surface area contributed by atoms with Crippen LogP contribution in [0, 0.1) is 10.1 Å². The van der Waals surface area contributed by atoms with Gasteiger partial charge in [0, 0.05) is 19.2 Å². The Kier molecular flexibility index (Phi) is 7.57. The molecular formula is C24H24N2O6S. The predicted octanol–water partition coefficient (Wildman–Crippen LogP) is 4.65. The number of hydrogen-bond acceptors (Lipinski definition) is 6. The maximum absolute atomic E-state index is 13.4. The monoisotopic (exact) mass is 468 g/mol. The van der Waals surface area contributed by atoms with Crippen molar-refractivity contribution in [3.63, 3.8) is 0 Å². The molecule has 0 aliphatic rings. The lowest BCUT2D eigenvalue weighted by Gasteiger charge is -2.22. The number of ether oxygens (including phenoxy) is 1. The molecule has 0 fully saturated rings. The van der Waals surface area contributed by atoms with Crippen molar-refractivity contribution < 1.29 is 22.9 Å². The van der Waals surface area contributed by atoms with Gasteiger partial charge in [0.05, 0.1) is 17.1 Å². The van der Waals surface area contributed by atoms with E-state index < -0.39 is 26.6 Å². The summed E-state index contributed by atoms with van der Waals surface area (Å²) in [5.74, 6) is -0.511. The third-order valence-corrected chi connectivity index (χ3v) is 7.05. The van der Waals surface area contributed by atoms with Crippen molar-refractivity contribution in [1.29, 1.82) is 0 Å². The highest BCUT2D eigenvalue weighted by atomic mass is 32.2. The van der Waals surface area contributed by atoms with E-state index in [-0.39, 0.29) is 24.6 Å². The summed E-state index contributed by atoms with van der Waals surface area (Å²) < 4.78 is 33.0. The van der Waals surface area contributed by atoms with Crippen molar-refractivity contribution in [2.45, 2.75) is 25.3 Å². The van der Waals surface area contributed by atoms with Gasteiger partial charge in [-0.2, -0.15) is 4.31 Å². The van der Waals surface area contributed by atoms with E-state index in [0.29, 0.717) is 11.1 Å². The minimum Gasteiger partial charge on any atom is -0.462 e. The number of para-hydroxylation sites is 1. The fraction of sp³-hybridized carbons (Fsp3) is 0.208. The topological polar surface area (TPSA) is 107 Å². The Labute approximate surface area is 192 Å². The first-order valence-corrected chi connectivity index (χ1v) is 11.8. The van der Waals surface area contributed by atoms with Crippen LogP contribution >= 0.6 is 0 Å². The van der Waals surface area contributed by atoms with Gasteiger partial charge in [0.2, 0.25) is 10.0 Å². The Hall–Kier alpha value is -3.56. The lowest BCUT2D eigenvalue weighted by Crippen LogP contribution is -2.31. The normalized spacial score (nSPS) is 11.4. The lowest BCUT2D eigenvalue weighted by atomic mass is 9.97. The van der Waals surface area contributed by atoms with Crippen LogP contribution in [0.25, 0.3) is 11.1 Å². The number of benzene rings is 3. The number of nitrogens with zero attached hydrogens (tertiary/aromatic N) is 2. The highest BCUT2D eigenvalue weighted by Gasteiger charge is 2.31. The van der Waals surface area contributed by atoms with Crippen molar-refractivity contribution in [2.24, 2.45) is 0 Å². The van der Waals surface area contributed by atoms with Crippen molar-refractivity contribution >= 4 is 21.7 Å². The molecule has 0 bridgehead atoms. The molecule has 0 amide bonds. The zero-order valence-corrected chi connectivity index (χ0v) is 19.1. The van der Waals surface area contributed by atoms with Crippen LogP contribution in [-0.4, -0.2) is 36.8 Å². The summed E-state index contributed by atoms with van der Waals surface area (Å²) in [7, 11) is -4.19. The molecule has 3 rings (SSSR count). The molecule has 0 saturated heterocycles. The predicted molar refractivity (Wildman–Crippen MR) is 124 cm³/mol. The second kappa shape index (κ2) is 10.4. The van der Waals surface area contributed by atoms with E-state index in [1.807, 2.05) is 30.3 Å². The molecule has 0 spiro atoms. The zero-order chi connectivity index (χ0) is 24.0. The van der Waals surface area contributed by atoms with Crippen LogP contribution < -0.4 is 0 Å². The summed E-state index contributed by atoms with van der Waals surface area (Å²) in [4.78, 5) is 22.7. The van der Waals surface area contributed by atoms with Crippen LogP contribution in [0.5, 0.6) is 0 Å². The third-order valence-electron chi connectivity index (χ3n) is 5.08. The van der Waals surface area contributed by atoms with Crippen LogP contribution in [0.1, 0.15) is 29.8 Å². The molecule has 0 heterocycles. The highest BCUT2D eigenvalue weighted by Crippen LogP contribution is 2.30. The minimum atomic E-state index is -4.19. The first kappa shape index (κ1) is 24.1.